The number of carbonyl (C=O) groups excluding carboxylic acids is 1. The fourth-order valence-corrected chi connectivity index (χ4v) is 2.07. The van der Waals surface area contributed by atoms with Crippen LogP contribution in [0.4, 0.5) is 15.9 Å². The lowest BCUT2D eigenvalue weighted by Crippen LogP contribution is -2.36. The Balaban J connectivity index is 2.05. The van der Waals surface area contributed by atoms with Gasteiger partial charge in [-0.05, 0) is 24.1 Å². The zero-order valence-corrected chi connectivity index (χ0v) is 10.9. The second-order valence-electron chi connectivity index (χ2n) is 4.50. The van der Waals surface area contributed by atoms with Gasteiger partial charge in [-0.2, -0.15) is 0 Å². The van der Waals surface area contributed by atoms with Crippen molar-refractivity contribution in [3.05, 3.63) is 23.8 Å². The largest absolute Gasteiger partial charge is 0.395 e. The third kappa shape index (κ3) is 3.02. The van der Waals surface area contributed by atoms with Crippen molar-refractivity contribution in [2.24, 2.45) is 0 Å². The predicted octanol–water partition coefficient (Wildman–Crippen LogP) is 0.478. The van der Waals surface area contributed by atoms with Gasteiger partial charge in [-0.25, -0.2) is 5.12 Å². The van der Waals surface area contributed by atoms with E-state index in [0.717, 1.165) is 5.56 Å². The number of rotatable bonds is 5. The summed E-state index contributed by atoms with van der Waals surface area (Å²) in [5.74, 6) is -0.128. The summed E-state index contributed by atoms with van der Waals surface area (Å²) in [6.45, 7) is 0.886. The van der Waals surface area contributed by atoms with Crippen molar-refractivity contribution in [3.63, 3.8) is 0 Å². The molecule has 1 heterocycles. The Kier molecular flexibility index (Phi) is 4.34. The van der Waals surface area contributed by atoms with E-state index in [9.17, 15) is 9.28 Å². The van der Waals surface area contributed by atoms with Crippen molar-refractivity contribution in [1.29, 1.82) is 0 Å². The number of nitrogens with one attached hydrogen (secondary N) is 1. The Labute approximate surface area is 111 Å². The third-order valence-electron chi connectivity index (χ3n) is 3.23. The van der Waals surface area contributed by atoms with Crippen LogP contribution in [0.1, 0.15) is 5.56 Å². The lowest BCUT2D eigenvalue weighted by molar-refractivity contribution is -0.117. The van der Waals surface area contributed by atoms with Gasteiger partial charge in [-0.1, -0.05) is 10.5 Å². The van der Waals surface area contributed by atoms with Gasteiger partial charge in [-0.3, -0.25) is 4.79 Å². The van der Waals surface area contributed by atoms with Crippen molar-refractivity contribution < 1.29 is 14.4 Å². The summed E-state index contributed by atoms with van der Waals surface area (Å²) in [5.41, 5.74) is 2.17. The van der Waals surface area contributed by atoms with Crippen LogP contribution in [0.25, 0.3) is 0 Å². The van der Waals surface area contributed by atoms with Gasteiger partial charge in [0.05, 0.1) is 25.4 Å². The third-order valence-corrected chi connectivity index (χ3v) is 3.23. The van der Waals surface area contributed by atoms with Gasteiger partial charge in [0.2, 0.25) is 5.91 Å². The van der Waals surface area contributed by atoms with Crippen molar-refractivity contribution in [2.45, 2.75) is 6.42 Å². The quantitative estimate of drug-likeness (QED) is 0.602. The predicted molar refractivity (Wildman–Crippen MR) is 72.0 cm³/mol. The summed E-state index contributed by atoms with van der Waals surface area (Å²) in [5, 5.41) is 12.2. The maximum absolute atomic E-state index is 13.5. The first-order valence-electron chi connectivity index (χ1n) is 6.28. The highest BCUT2D eigenvalue weighted by Crippen LogP contribution is 2.31. The number of anilines is 2. The summed E-state index contributed by atoms with van der Waals surface area (Å²) in [7, 11) is 1.65. The standard InChI is InChI=1S/C13H18FN3O2/c1-16(13(19)9-15-5-7-18)11-3-2-10-4-6-17(14)12(10)8-11/h2-3,8,15,18H,4-7,9H2,1H3. The lowest BCUT2D eigenvalue weighted by Gasteiger charge is -2.19. The van der Waals surface area contributed by atoms with Crippen molar-refractivity contribution >= 4 is 17.3 Å². The Hall–Kier alpha value is -1.66. The molecule has 6 heteroatoms. The van der Waals surface area contributed by atoms with Crippen LogP contribution in [0.15, 0.2) is 18.2 Å². The molecule has 2 N–H and O–H groups in total. The van der Waals surface area contributed by atoms with Crippen LogP contribution in [0.5, 0.6) is 0 Å². The fraction of sp³-hybridized carbons (Fsp3) is 0.462. The molecule has 5 nitrogen and oxygen atoms in total. The van der Waals surface area contributed by atoms with E-state index in [1.165, 1.54) is 4.90 Å². The summed E-state index contributed by atoms with van der Waals surface area (Å²) < 4.78 is 13.5. The first-order chi connectivity index (χ1) is 9.13. The molecule has 0 radical (unpaired) electrons. The molecule has 1 aliphatic rings. The number of hydrogen-bond acceptors (Lipinski definition) is 4. The summed E-state index contributed by atoms with van der Waals surface area (Å²) in [6.07, 6.45) is 0.696. The number of hydrogen-bond donors (Lipinski definition) is 2. The number of benzene rings is 1. The monoisotopic (exact) mass is 267 g/mol. The van der Waals surface area contributed by atoms with Gasteiger partial charge in [0.25, 0.3) is 0 Å². The van der Waals surface area contributed by atoms with E-state index < -0.39 is 0 Å². The zero-order chi connectivity index (χ0) is 13.8. The summed E-state index contributed by atoms with van der Waals surface area (Å²) in [6, 6.07) is 5.36. The molecule has 1 amide bonds. The van der Waals surface area contributed by atoms with Gasteiger partial charge in [0.15, 0.2) is 0 Å². The van der Waals surface area contributed by atoms with Crippen LogP contribution in [0, 0.1) is 0 Å². The minimum Gasteiger partial charge on any atom is -0.395 e. The van der Waals surface area contributed by atoms with Gasteiger partial charge in [-0.15, -0.1) is 0 Å². The minimum atomic E-state index is -0.128. The number of halogens is 1. The Morgan fingerprint density at radius 1 is 1.58 bits per heavy atom. The number of likely N-dealkylation sites (N-methyl/N-ethyl adjacent to an activating group) is 1. The van der Waals surface area contributed by atoms with Crippen LogP contribution in [0.3, 0.4) is 0 Å². The number of aliphatic hydroxyl groups excluding tert-OH is 1. The molecule has 0 unspecified atom stereocenters. The van der Waals surface area contributed by atoms with Crippen LogP contribution in [0.2, 0.25) is 0 Å². The minimum absolute atomic E-state index is 0.00729. The van der Waals surface area contributed by atoms with E-state index in [1.54, 1.807) is 13.1 Å². The summed E-state index contributed by atoms with van der Waals surface area (Å²) >= 11 is 0. The average molecular weight is 267 g/mol. The molecule has 0 saturated carbocycles. The van der Waals surface area contributed by atoms with Crippen molar-refractivity contribution in [1.82, 2.24) is 5.32 Å². The molecule has 2 rings (SSSR count). The van der Waals surface area contributed by atoms with Crippen LogP contribution in [-0.4, -0.2) is 44.3 Å². The molecule has 0 bridgehead atoms. The molecule has 1 aromatic rings. The Morgan fingerprint density at radius 3 is 3.11 bits per heavy atom. The molecule has 1 aliphatic heterocycles. The maximum Gasteiger partial charge on any atom is 0.240 e. The molecule has 0 fully saturated rings. The normalized spacial score (nSPS) is 13.5. The lowest BCUT2D eigenvalue weighted by atomic mass is 10.1. The van der Waals surface area contributed by atoms with E-state index >= 15 is 0 Å². The number of aliphatic hydroxyl groups is 1. The molecular weight excluding hydrogens is 249 g/mol. The van der Waals surface area contributed by atoms with Gasteiger partial charge in [0.1, 0.15) is 0 Å². The molecular formula is C13H18FN3O2. The van der Waals surface area contributed by atoms with Crippen LogP contribution < -0.4 is 15.3 Å². The molecule has 0 atom stereocenters. The Bertz CT molecular complexity index is 467. The molecule has 0 aromatic heterocycles. The molecule has 0 spiro atoms. The van der Waals surface area contributed by atoms with Gasteiger partial charge in [0, 0.05) is 19.3 Å². The highest BCUT2D eigenvalue weighted by Gasteiger charge is 2.20. The molecule has 1 aromatic carbocycles. The van der Waals surface area contributed by atoms with Crippen LogP contribution in [-0.2, 0) is 11.2 Å². The average Bonchev–Trinajstić information content (AvgIpc) is 2.79. The van der Waals surface area contributed by atoms with E-state index in [4.69, 9.17) is 5.11 Å². The van der Waals surface area contributed by atoms with Gasteiger partial charge < -0.3 is 15.3 Å². The molecule has 0 saturated heterocycles. The van der Waals surface area contributed by atoms with E-state index in [-0.39, 0.29) is 19.1 Å². The topological polar surface area (TPSA) is 55.8 Å². The van der Waals surface area contributed by atoms with E-state index in [1.807, 2.05) is 12.1 Å². The number of carbonyl (C=O) groups is 1. The molecule has 19 heavy (non-hydrogen) atoms. The highest BCUT2D eigenvalue weighted by molar-refractivity contribution is 5.94. The first kappa shape index (κ1) is 13.8. The molecule has 0 aliphatic carbocycles. The zero-order valence-electron chi connectivity index (χ0n) is 10.9. The maximum atomic E-state index is 13.5. The first-order valence-corrected chi connectivity index (χ1v) is 6.28. The van der Waals surface area contributed by atoms with Crippen molar-refractivity contribution in [2.75, 3.05) is 43.3 Å². The highest BCUT2D eigenvalue weighted by atomic mass is 19.2. The van der Waals surface area contributed by atoms with Crippen LogP contribution >= 0.6 is 0 Å². The Morgan fingerprint density at radius 2 is 2.37 bits per heavy atom. The number of nitrogens with zero attached hydrogens (tertiary/aromatic N) is 2. The van der Waals surface area contributed by atoms with Gasteiger partial charge >= 0.3 is 0 Å². The number of amides is 1. The SMILES string of the molecule is CN(C(=O)CNCCO)c1ccc2c(c1)N(F)CC2. The fourth-order valence-electron chi connectivity index (χ4n) is 2.07. The molecule has 104 valence electrons. The van der Waals surface area contributed by atoms with Crippen molar-refractivity contribution in [3.8, 4) is 0 Å². The second-order valence-corrected chi connectivity index (χ2v) is 4.50. The number of fused-ring (bicyclic) bond motifs is 1. The smallest absolute Gasteiger partial charge is 0.240 e. The van der Waals surface area contributed by atoms with E-state index in [0.29, 0.717) is 36.0 Å². The van der Waals surface area contributed by atoms with E-state index in [2.05, 4.69) is 5.32 Å². The second kappa shape index (κ2) is 5.99. The summed E-state index contributed by atoms with van der Waals surface area (Å²) in [4.78, 5) is 13.4.